The molecule has 0 rings (SSSR count). The van der Waals surface area contributed by atoms with Crippen LogP contribution in [0.5, 0.6) is 0 Å². The highest BCUT2D eigenvalue weighted by Gasteiger charge is 2.09. The second kappa shape index (κ2) is 2.58. The lowest BCUT2D eigenvalue weighted by Gasteiger charge is -1.95. The average Bonchev–Trinajstić information content (AvgIpc) is 1.21. The Hall–Kier alpha value is 0.0900. The molecule has 0 amide bonds. The van der Waals surface area contributed by atoms with Crippen molar-refractivity contribution in [3.05, 3.63) is 0 Å². The van der Waals surface area contributed by atoms with Crippen LogP contribution in [0, 0.1) is 0 Å². The van der Waals surface area contributed by atoms with Gasteiger partial charge in [0, 0.05) is 13.3 Å². The van der Waals surface area contributed by atoms with Crippen LogP contribution in [0.15, 0.2) is 0 Å². The summed E-state index contributed by atoms with van der Waals surface area (Å²) in [5, 5.41) is 0. The Bertz CT molecular complexity index is 166. The summed E-state index contributed by atoms with van der Waals surface area (Å²) in [6.45, 7) is 2.47. The number of rotatable bonds is 2. The van der Waals surface area contributed by atoms with Crippen LogP contribution in [0.25, 0.3) is 0 Å². The summed E-state index contributed by atoms with van der Waals surface area (Å²) in [4.78, 5) is 0. The Balaban J connectivity index is 3.94. The summed E-state index contributed by atoms with van der Waals surface area (Å²) < 4.78 is 33.7. The van der Waals surface area contributed by atoms with Gasteiger partial charge < -0.3 is 0 Å². The fourth-order valence-electron chi connectivity index (χ4n) is 0.161. The van der Waals surface area contributed by atoms with Crippen LogP contribution in [0.4, 0.5) is 0 Å². The Morgan fingerprint density at radius 2 is 1.75 bits per heavy atom. The molecule has 0 saturated heterocycles. The van der Waals surface area contributed by atoms with E-state index in [2.05, 4.69) is 4.31 Å². The van der Waals surface area contributed by atoms with Crippen LogP contribution < -0.4 is 0 Å². The SMILES string of the molecule is CP(C)(=O)OP(=O)=O. The van der Waals surface area contributed by atoms with Crippen LogP contribution >= 0.6 is 15.3 Å². The van der Waals surface area contributed by atoms with Gasteiger partial charge in [-0.2, -0.15) is 0 Å². The first-order valence-corrected chi connectivity index (χ1v) is 5.42. The zero-order chi connectivity index (χ0) is 6.78. The molecule has 0 aliphatic carbocycles. The molecule has 0 spiro atoms. The van der Waals surface area contributed by atoms with E-state index in [0.717, 1.165) is 0 Å². The van der Waals surface area contributed by atoms with E-state index in [1.54, 1.807) is 0 Å². The molecule has 0 saturated carbocycles. The fourth-order valence-corrected chi connectivity index (χ4v) is 1.44. The van der Waals surface area contributed by atoms with Gasteiger partial charge in [0.1, 0.15) is 0 Å². The molecule has 0 fully saturated rings. The minimum atomic E-state index is -2.95. The van der Waals surface area contributed by atoms with E-state index in [0.29, 0.717) is 0 Å². The third-order valence-electron chi connectivity index (χ3n) is 0.263. The van der Waals surface area contributed by atoms with Crippen LogP contribution in [0.3, 0.4) is 0 Å². The first-order chi connectivity index (χ1) is 3.42. The zero-order valence-electron chi connectivity index (χ0n) is 4.53. The van der Waals surface area contributed by atoms with Crippen molar-refractivity contribution < 1.29 is 18.0 Å². The Morgan fingerprint density at radius 1 is 1.38 bits per heavy atom. The normalized spacial score (nSPS) is 11.2. The van der Waals surface area contributed by atoms with E-state index < -0.39 is 15.3 Å². The maximum Gasteiger partial charge on any atom is 0.474 e. The molecule has 0 unspecified atom stereocenters. The molecule has 0 aromatic heterocycles. The molecule has 0 aromatic rings. The quantitative estimate of drug-likeness (QED) is 0.570. The van der Waals surface area contributed by atoms with Crippen LogP contribution in [-0.2, 0) is 18.0 Å². The Kier molecular flexibility index (Phi) is 2.61. The predicted octanol–water partition coefficient (Wildman–Crippen LogP) is 1.63. The monoisotopic (exact) mass is 156 g/mol. The van der Waals surface area contributed by atoms with E-state index in [9.17, 15) is 13.7 Å². The molecule has 48 valence electrons. The van der Waals surface area contributed by atoms with Gasteiger partial charge in [-0.25, -0.2) is 13.4 Å². The molecule has 0 aliphatic rings. The Morgan fingerprint density at radius 3 is 1.75 bits per heavy atom. The van der Waals surface area contributed by atoms with Crippen molar-refractivity contribution in [3.8, 4) is 0 Å². The fraction of sp³-hybridized carbons (Fsp3) is 1.00. The molecule has 0 bridgehead atoms. The molecular formula is C2H6O4P2. The summed E-state index contributed by atoms with van der Waals surface area (Å²) in [6.07, 6.45) is 0. The molecule has 0 radical (unpaired) electrons. The standard InChI is InChI=1S/C2H6O4P2/c1-8(2,5)6-7(3)4/h1-2H3. The van der Waals surface area contributed by atoms with E-state index >= 15 is 0 Å². The summed E-state index contributed by atoms with van der Waals surface area (Å²) in [6, 6.07) is 0. The van der Waals surface area contributed by atoms with Gasteiger partial charge in [-0.05, 0) is 0 Å². The maximum absolute atomic E-state index is 10.4. The second-order valence-corrected chi connectivity index (χ2v) is 5.16. The van der Waals surface area contributed by atoms with Gasteiger partial charge in [0.25, 0.3) is 0 Å². The Labute approximate surface area is 47.6 Å². The minimum absolute atomic E-state index is 1.23. The van der Waals surface area contributed by atoms with Crippen molar-refractivity contribution >= 4 is 15.3 Å². The third-order valence-corrected chi connectivity index (χ3v) is 2.37. The van der Waals surface area contributed by atoms with Crippen molar-refractivity contribution in [2.75, 3.05) is 13.3 Å². The smallest absolute Gasteiger partial charge is 0.293 e. The predicted molar refractivity (Wildman–Crippen MR) is 28.8 cm³/mol. The molecule has 8 heavy (non-hydrogen) atoms. The molecule has 0 atom stereocenters. The lowest BCUT2D eigenvalue weighted by atomic mass is 11.9. The summed E-state index contributed by atoms with van der Waals surface area (Å²) in [5.74, 6) is 0. The van der Waals surface area contributed by atoms with Gasteiger partial charge >= 0.3 is 7.91 Å². The van der Waals surface area contributed by atoms with Crippen LogP contribution in [0.2, 0.25) is 0 Å². The van der Waals surface area contributed by atoms with Gasteiger partial charge in [-0.1, -0.05) is 0 Å². The zero-order valence-corrected chi connectivity index (χ0v) is 6.32. The highest BCUT2D eigenvalue weighted by atomic mass is 31.2. The van der Waals surface area contributed by atoms with Gasteiger partial charge in [-0.3, -0.25) is 4.57 Å². The van der Waals surface area contributed by atoms with Gasteiger partial charge in [0.2, 0.25) is 7.37 Å². The lowest BCUT2D eigenvalue weighted by molar-refractivity contribution is 0.432. The highest BCUT2D eigenvalue weighted by Crippen LogP contribution is 2.43. The van der Waals surface area contributed by atoms with Crippen molar-refractivity contribution in [1.82, 2.24) is 0 Å². The average molecular weight is 156 g/mol. The van der Waals surface area contributed by atoms with Crippen molar-refractivity contribution in [2.24, 2.45) is 0 Å². The van der Waals surface area contributed by atoms with Crippen molar-refractivity contribution in [2.45, 2.75) is 0 Å². The molecule has 0 heterocycles. The first kappa shape index (κ1) is 8.09. The van der Waals surface area contributed by atoms with E-state index in [1.807, 2.05) is 0 Å². The maximum atomic E-state index is 10.4. The minimum Gasteiger partial charge on any atom is -0.293 e. The number of hydrogen-bond donors (Lipinski definition) is 0. The third kappa shape index (κ3) is 6.09. The summed E-state index contributed by atoms with van der Waals surface area (Å²) in [7, 11) is -5.77. The second-order valence-electron chi connectivity index (χ2n) is 1.56. The lowest BCUT2D eigenvalue weighted by Crippen LogP contribution is -1.69. The molecule has 0 N–H and O–H groups in total. The summed E-state index contributed by atoms with van der Waals surface area (Å²) >= 11 is 0. The van der Waals surface area contributed by atoms with Crippen molar-refractivity contribution in [3.63, 3.8) is 0 Å². The molecule has 0 aromatic carbocycles. The molecule has 0 aliphatic heterocycles. The van der Waals surface area contributed by atoms with Crippen LogP contribution in [0.1, 0.15) is 0 Å². The first-order valence-electron chi connectivity index (χ1n) is 1.81. The highest BCUT2D eigenvalue weighted by molar-refractivity contribution is 7.62. The molecular weight excluding hydrogens is 150 g/mol. The van der Waals surface area contributed by atoms with Crippen LogP contribution in [-0.4, -0.2) is 13.3 Å². The largest absolute Gasteiger partial charge is 0.474 e. The van der Waals surface area contributed by atoms with Gasteiger partial charge in [0.15, 0.2) is 0 Å². The van der Waals surface area contributed by atoms with Crippen molar-refractivity contribution in [1.29, 1.82) is 0 Å². The molecule has 6 heteroatoms. The van der Waals surface area contributed by atoms with E-state index in [4.69, 9.17) is 0 Å². The number of hydrogen-bond acceptors (Lipinski definition) is 4. The van der Waals surface area contributed by atoms with Gasteiger partial charge in [0.05, 0.1) is 0 Å². The van der Waals surface area contributed by atoms with Gasteiger partial charge in [-0.15, -0.1) is 0 Å². The molecule has 4 nitrogen and oxygen atoms in total. The van der Waals surface area contributed by atoms with E-state index in [-0.39, 0.29) is 0 Å². The topological polar surface area (TPSA) is 60.4 Å². The van der Waals surface area contributed by atoms with E-state index in [1.165, 1.54) is 13.3 Å². The summed E-state index contributed by atoms with van der Waals surface area (Å²) in [5.41, 5.74) is 0.